The molecule has 0 aromatic rings. The summed E-state index contributed by atoms with van der Waals surface area (Å²) in [7, 11) is -4.62. The molecule has 6 atom stereocenters. The van der Waals surface area contributed by atoms with E-state index in [2.05, 4.69) is 19.6 Å². The molecule has 3 fully saturated rings. The average Bonchev–Trinajstić information content (AvgIpc) is 3.11. The van der Waals surface area contributed by atoms with E-state index in [0.717, 1.165) is 37.7 Å². The number of allylic oxidation sites excluding steroid dienone is 3. The van der Waals surface area contributed by atoms with Gasteiger partial charge in [0, 0.05) is 12.8 Å². The highest BCUT2D eigenvalue weighted by molar-refractivity contribution is 7.93. The zero-order valence-electron chi connectivity index (χ0n) is 22.4. The summed E-state index contributed by atoms with van der Waals surface area (Å²) in [5, 5.41) is 16.3. The van der Waals surface area contributed by atoms with Crippen LogP contribution in [0.4, 0.5) is 8.78 Å². The van der Waals surface area contributed by atoms with Crippen molar-refractivity contribution in [3.8, 4) is 0 Å². The van der Waals surface area contributed by atoms with Crippen LogP contribution in [0.25, 0.3) is 0 Å². The smallest absolute Gasteiger partial charge is 0.348 e. The first-order valence-electron chi connectivity index (χ1n) is 13.2. The Morgan fingerprint density at radius 3 is 2.53 bits per heavy atom. The number of sulfone groups is 1. The third-order valence-corrected chi connectivity index (χ3v) is 11.4. The second-order valence-corrected chi connectivity index (χ2v) is 15.1. The van der Waals surface area contributed by atoms with Crippen molar-refractivity contribution in [2.45, 2.75) is 114 Å². The Kier molecular flexibility index (Phi) is 8.66. The lowest BCUT2D eigenvalue weighted by Crippen LogP contribution is -2.43. The number of rotatable bonds is 7. The molecular formula is C28H44F2O5S. The van der Waals surface area contributed by atoms with Gasteiger partial charge in [-0.3, -0.25) is 0 Å². The maximum absolute atomic E-state index is 14.5. The van der Waals surface area contributed by atoms with E-state index in [1.54, 1.807) is 0 Å². The van der Waals surface area contributed by atoms with Crippen molar-refractivity contribution in [2.75, 3.05) is 6.61 Å². The topological polar surface area (TPSA) is 83.8 Å². The number of hydrogen-bond acceptors (Lipinski definition) is 5. The Balaban J connectivity index is 1.67. The second kappa shape index (κ2) is 10.6. The fourth-order valence-electron chi connectivity index (χ4n) is 6.58. The third-order valence-electron chi connectivity index (χ3n) is 8.84. The van der Waals surface area contributed by atoms with Crippen LogP contribution in [0.2, 0.25) is 0 Å². The number of alkyl halides is 2. The quantitative estimate of drug-likeness (QED) is 0.439. The molecule has 5 nitrogen and oxygen atoms in total. The van der Waals surface area contributed by atoms with E-state index in [1.165, 1.54) is 26.3 Å². The van der Waals surface area contributed by atoms with Crippen molar-refractivity contribution in [3.05, 3.63) is 35.5 Å². The van der Waals surface area contributed by atoms with Crippen LogP contribution in [-0.4, -0.2) is 53.6 Å². The number of ether oxygens (including phenoxy) is 1. The lowest BCUT2D eigenvalue weighted by atomic mass is 9.62. The molecule has 3 aliphatic carbocycles. The van der Waals surface area contributed by atoms with Crippen molar-refractivity contribution in [1.82, 2.24) is 0 Å². The molecule has 0 amide bonds. The zero-order chi connectivity index (χ0) is 27.1. The van der Waals surface area contributed by atoms with E-state index >= 15 is 0 Å². The molecule has 2 N–H and O–H groups in total. The summed E-state index contributed by atoms with van der Waals surface area (Å²) in [4.78, 5) is 0. The molecule has 0 aromatic carbocycles. The summed E-state index contributed by atoms with van der Waals surface area (Å²) in [5.41, 5.74) is 2.88. The molecule has 0 heterocycles. The molecule has 3 aliphatic rings. The van der Waals surface area contributed by atoms with Gasteiger partial charge in [-0.15, -0.1) is 0 Å². The van der Waals surface area contributed by atoms with Gasteiger partial charge in [0.05, 0.1) is 29.7 Å². The number of halogens is 2. The molecule has 206 valence electrons. The molecular weight excluding hydrogens is 486 g/mol. The molecule has 3 saturated carbocycles. The summed E-state index contributed by atoms with van der Waals surface area (Å²) in [6, 6.07) is 0. The van der Waals surface area contributed by atoms with Crippen molar-refractivity contribution in [2.24, 2.45) is 17.3 Å². The molecule has 0 aromatic heterocycles. The Labute approximate surface area is 215 Å². The van der Waals surface area contributed by atoms with E-state index in [4.69, 9.17) is 4.74 Å². The van der Waals surface area contributed by atoms with E-state index < -0.39 is 38.5 Å². The first-order valence-corrected chi connectivity index (χ1v) is 14.7. The first kappa shape index (κ1) is 29.5. The molecule has 0 spiro atoms. The van der Waals surface area contributed by atoms with Crippen LogP contribution >= 0.6 is 0 Å². The monoisotopic (exact) mass is 530 g/mol. The van der Waals surface area contributed by atoms with E-state index in [0.29, 0.717) is 24.3 Å². The number of aliphatic hydroxyl groups excluding tert-OH is 2. The van der Waals surface area contributed by atoms with Gasteiger partial charge in [0.2, 0.25) is 9.84 Å². The standard InChI is InChI=1S/C28H44F2O5S/c1-18-21(16-22(31)17-25(18)32)10-9-20-8-7-13-27(6)23(11-12-24(20)27)19(2)35-15-14-28(29,30)36(33,34)26(3,4)5/h9-10,19,22-25,31-32H,1,7-8,11-17H2,2-6H3/t19-,22?,23-,24+,25?,27-/m1/s1. The zero-order valence-corrected chi connectivity index (χ0v) is 23.2. The summed E-state index contributed by atoms with van der Waals surface area (Å²) < 4.78 is 57.9. The predicted octanol–water partition coefficient (Wildman–Crippen LogP) is 5.73. The Bertz CT molecular complexity index is 994. The highest BCUT2D eigenvalue weighted by Gasteiger charge is 2.53. The Morgan fingerprint density at radius 1 is 1.22 bits per heavy atom. The van der Waals surface area contributed by atoms with Crippen molar-refractivity contribution >= 4 is 9.84 Å². The Hall–Kier alpha value is -1.09. The number of aliphatic hydroxyl groups is 2. The highest BCUT2D eigenvalue weighted by Crippen LogP contribution is 2.58. The van der Waals surface area contributed by atoms with Gasteiger partial charge in [-0.1, -0.05) is 31.2 Å². The number of hydrogen-bond donors (Lipinski definition) is 2. The van der Waals surface area contributed by atoms with Crippen molar-refractivity contribution in [3.63, 3.8) is 0 Å². The van der Waals surface area contributed by atoms with Gasteiger partial charge < -0.3 is 14.9 Å². The summed E-state index contributed by atoms with van der Waals surface area (Å²) >= 11 is 0. The highest BCUT2D eigenvalue weighted by atomic mass is 32.2. The van der Waals surface area contributed by atoms with Gasteiger partial charge in [0.15, 0.2) is 0 Å². The van der Waals surface area contributed by atoms with Gasteiger partial charge in [-0.2, -0.15) is 8.78 Å². The molecule has 0 radical (unpaired) electrons. The van der Waals surface area contributed by atoms with E-state index in [-0.39, 0.29) is 24.0 Å². The van der Waals surface area contributed by atoms with Gasteiger partial charge in [-0.05, 0) is 94.6 Å². The number of fused-ring (bicyclic) bond motifs is 1. The molecule has 36 heavy (non-hydrogen) atoms. The van der Waals surface area contributed by atoms with Crippen molar-refractivity contribution in [1.29, 1.82) is 0 Å². The Morgan fingerprint density at radius 2 is 1.89 bits per heavy atom. The second-order valence-electron chi connectivity index (χ2n) is 12.2. The van der Waals surface area contributed by atoms with Crippen LogP contribution in [0.5, 0.6) is 0 Å². The lowest BCUT2D eigenvalue weighted by molar-refractivity contribution is -0.0443. The maximum Gasteiger partial charge on any atom is 0.348 e. The predicted molar refractivity (Wildman–Crippen MR) is 138 cm³/mol. The minimum atomic E-state index is -4.62. The summed E-state index contributed by atoms with van der Waals surface area (Å²) in [6.45, 7) is 11.7. The van der Waals surface area contributed by atoms with E-state index in [1.807, 2.05) is 13.0 Å². The summed E-state index contributed by atoms with van der Waals surface area (Å²) in [6.07, 6.45) is 7.54. The van der Waals surface area contributed by atoms with Gasteiger partial charge in [0.25, 0.3) is 0 Å². The molecule has 0 aliphatic heterocycles. The van der Waals surface area contributed by atoms with Gasteiger partial charge in [0.1, 0.15) is 0 Å². The van der Waals surface area contributed by atoms with Crippen LogP contribution in [0.1, 0.15) is 86.0 Å². The maximum atomic E-state index is 14.5. The first-order chi connectivity index (χ1) is 16.5. The molecule has 2 unspecified atom stereocenters. The van der Waals surface area contributed by atoms with Crippen molar-refractivity contribution < 1.29 is 32.1 Å². The van der Waals surface area contributed by atoms with Crippen LogP contribution in [0, 0.1) is 17.3 Å². The van der Waals surface area contributed by atoms with Gasteiger partial charge >= 0.3 is 5.25 Å². The van der Waals surface area contributed by atoms with Crippen LogP contribution in [0.15, 0.2) is 35.5 Å². The minimum Gasteiger partial charge on any atom is -0.393 e. The molecule has 0 saturated heterocycles. The lowest BCUT2D eigenvalue weighted by Gasteiger charge is -2.44. The van der Waals surface area contributed by atoms with Crippen LogP contribution in [-0.2, 0) is 14.6 Å². The summed E-state index contributed by atoms with van der Waals surface area (Å²) in [5.74, 6) is 0.550. The van der Waals surface area contributed by atoms with E-state index in [9.17, 15) is 27.4 Å². The van der Waals surface area contributed by atoms with Gasteiger partial charge in [-0.25, -0.2) is 8.42 Å². The molecule has 8 heteroatoms. The normalized spacial score (nSPS) is 35.3. The van der Waals surface area contributed by atoms with Crippen LogP contribution in [0.3, 0.4) is 0 Å². The minimum absolute atomic E-state index is 0.0232. The molecule has 3 rings (SSSR count). The third kappa shape index (κ3) is 5.67. The largest absolute Gasteiger partial charge is 0.393 e. The van der Waals surface area contributed by atoms with Crippen LogP contribution < -0.4 is 0 Å². The fourth-order valence-corrected chi connectivity index (χ4v) is 7.83. The molecule has 0 bridgehead atoms. The fraction of sp³-hybridized carbons (Fsp3) is 0.786. The SMILES string of the molecule is C=C1C(=CC=C2CCC[C@]3(C)[C@@H]([C@@H](C)OCCC(F)(F)S(=O)(=O)C(C)(C)C)CC[C@@H]23)CC(O)CC1O. The average molecular weight is 531 g/mol.